The molecule has 5 nitrogen and oxygen atoms in total. The highest BCUT2D eigenvalue weighted by Crippen LogP contribution is 2.32. The number of piperazine rings is 1. The number of nitrogens with zero attached hydrogens (tertiary/aromatic N) is 2. The van der Waals surface area contributed by atoms with Gasteiger partial charge in [0, 0.05) is 37.4 Å². The Bertz CT molecular complexity index is 944. The summed E-state index contributed by atoms with van der Waals surface area (Å²) in [6.07, 6.45) is -4.77. The van der Waals surface area contributed by atoms with E-state index in [1.165, 1.54) is 18.2 Å². The average molecular weight is 500 g/mol. The molecule has 0 spiro atoms. The number of ether oxygens (including phenoxy) is 1. The predicted molar refractivity (Wildman–Crippen MR) is 118 cm³/mol. The number of anilines is 1. The molecule has 0 aromatic heterocycles. The van der Waals surface area contributed by atoms with Gasteiger partial charge in [-0.1, -0.05) is 12.1 Å². The molecule has 1 aliphatic heterocycles. The van der Waals surface area contributed by atoms with E-state index in [-0.39, 0.29) is 16.1 Å². The molecule has 9 heteroatoms. The smallest absolute Gasteiger partial charge is 0.405 e. The number of hydrogen-bond donors (Lipinski definition) is 1. The molecule has 1 atom stereocenters. The van der Waals surface area contributed by atoms with Crippen molar-refractivity contribution in [1.29, 1.82) is 0 Å². The summed E-state index contributed by atoms with van der Waals surface area (Å²) in [5, 5.41) is 2.94. The SMILES string of the molecule is Cc1ccc(N2CCN(C)CC2)cc1C(=O)N[C@H](C)c1ccc(OC(F)(F)F)c(Br)c1. The topological polar surface area (TPSA) is 44.8 Å². The van der Waals surface area contributed by atoms with Gasteiger partial charge in [-0.3, -0.25) is 4.79 Å². The van der Waals surface area contributed by atoms with Crippen LogP contribution in [-0.2, 0) is 0 Å². The van der Waals surface area contributed by atoms with Gasteiger partial charge in [0.05, 0.1) is 10.5 Å². The fourth-order valence-corrected chi connectivity index (χ4v) is 3.95. The lowest BCUT2D eigenvalue weighted by molar-refractivity contribution is -0.274. The number of rotatable bonds is 5. The van der Waals surface area contributed by atoms with Gasteiger partial charge in [0.2, 0.25) is 0 Å². The van der Waals surface area contributed by atoms with Crippen LogP contribution in [0.1, 0.15) is 34.5 Å². The lowest BCUT2D eigenvalue weighted by Crippen LogP contribution is -2.44. The van der Waals surface area contributed by atoms with Crippen LogP contribution in [0.4, 0.5) is 18.9 Å². The van der Waals surface area contributed by atoms with Crippen LogP contribution < -0.4 is 15.0 Å². The lowest BCUT2D eigenvalue weighted by Gasteiger charge is -2.34. The summed E-state index contributed by atoms with van der Waals surface area (Å²) in [5.74, 6) is -0.557. The Hall–Kier alpha value is -2.26. The second-order valence-corrected chi connectivity index (χ2v) is 8.58. The number of halogens is 4. The lowest BCUT2D eigenvalue weighted by atomic mass is 10.0. The standard InChI is InChI=1S/C22H25BrF3N3O2/c1-14-4-6-17(29-10-8-28(3)9-11-29)13-18(14)21(30)27-15(2)16-5-7-20(19(23)12-16)31-22(24,25)26/h4-7,12-13,15H,8-11H2,1-3H3,(H,27,30)/t15-/m1/s1. The first-order valence-electron chi connectivity index (χ1n) is 9.93. The van der Waals surface area contributed by atoms with E-state index in [0.717, 1.165) is 37.4 Å². The van der Waals surface area contributed by atoms with Crippen LogP contribution in [0.15, 0.2) is 40.9 Å². The third kappa shape index (κ3) is 6.13. The fraction of sp³-hybridized carbons (Fsp3) is 0.409. The zero-order valence-corrected chi connectivity index (χ0v) is 19.2. The van der Waals surface area contributed by atoms with Crippen molar-refractivity contribution >= 4 is 27.5 Å². The monoisotopic (exact) mass is 499 g/mol. The molecule has 1 N–H and O–H groups in total. The Kier molecular flexibility index (Phi) is 7.16. The van der Waals surface area contributed by atoms with Crippen molar-refractivity contribution in [3.63, 3.8) is 0 Å². The van der Waals surface area contributed by atoms with E-state index < -0.39 is 12.4 Å². The van der Waals surface area contributed by atoms with E-state index in [0.29, 0.717) is 11.1 Å². The highest BCUT2D eigenvalue weighted by Gasteiger charge is 2.32. The summed E-state index contributed by atoms with van der Waals surface area (Å²) in [4.78, 5) is 17.5. The molecule has 0 saturated carbocycles. The maximum absolute atomic E-state index is 13.0. The number of likely N-dealkylation sites (N-methyl/N-ethyl adjacent to an activating group) is 1. The normalized spacial score (nSPS) is 16.2. The number of hydrogen-bond acceptors (Lipinski definition) is 4. The first kappa shape index (κ1) is 23.4. The van der Waals surface area contributed by atoms with Crippen LogP contribution in [0.3, 0.4) is 0 Å². The van der Waals surface area contributed by atoms with E-state index in [2.05, 4.69) is 42.8 Å². The molecule has 0 radical (unpaired) electrons. The quantitative estimate of drug-likeness (QED) is 0.635. The zero-order valence-electron chi connectivity index (χ0n) is 17.6. The Morgan fingerprint density at radius 1 is 1.13 bits per heavy atom. The highest BCUT2D eigenvalue weighted by atomic mass is 79.9. The number of amides is 1. The molecular weight excluding hydrogens is 475 g/mol. The maximum atomic E-state index is 13.0. The molecule has 31 heavy (non-hydrogen) atoms. The molecule has 2 aromatic rings. The minimum Gasteiger partial charge on any atom is -0.405 e. The molecule has 1 amide bonds. The van der Waals surface area contributed by atoms with Crippen LogP contribution in [0.25, 0.3) is 0 Å². The van der Waals surface area contributed by atoms with E-state index in [1.807, 2.05) is 25.1 Å². The summed E-state index contributed by atoms with van der Waals surface area (Å²) < 4.78 is 41.5. The number of carbonyl (C=O) groups excluding carboxylic acids is 1. The number of benzene rings is 2. The van der Waals surface area contributed by atoms with Gasteiger partial charge in [-0.15, -0.1) is 13.2 Å². The highest BCUT2D eigenvalue weighted by molar-refractivity contribution is 9.10. The summed E-state index contributed by atoms with van der Waals surface area (Å²) >= 11 is 3.10. The predicted octanol–water partition coefficient (Wildman–Crippen LogP) is 4.90. The van der Waals surface area contributed by atoms with Gasteiger partial charge in [0.25, 0.3) is 5.91 Å². The molecule has 0 unspecified atom stereocenters. The second kappa shape index (κ2) is 9.48. The minimum absolute atomic E-state index is 0.164. The zero-order chi connectivity index (χ0) is 22.8. The van der Waals surface area contributed by atoms with E-state index in [4.69, 9.17) is 0 Å². The molecule has 3 rings (SSSR count). The third-order valence-electron chi connectivity index (χ3n) is 5.36. The molecule has 2 aromatic carbocycles. The van der Waals surface area contributed by atoms with Gasteiger partial charge in [-0.25, -0.2) is 0 Å². The molecular formula is C22H25BrF3N3O2. The van der Waals surface area contributed by atoms with Gasteiger partial charge in [0.15, 0.2) is 0 Å². The summed E-state index contributed by atoms with van der Waals surface area (Å²) in [6, 6.07) is 9.71. The second-order valence-electron chi connectivity index (χ2n) is 7.72. The number of alkyl halides is 3. The molecule has 168 valence electrons. The Labute approximate surface area is 188 Å². The van der Waals surface area contributed by atoms with Gasteiger partial charge in [0.1, 0.15) is 5.75 Å². The van der Waals surface area contributed by atoms with Gasteiger partial charge < -0.3 is 19.9 Å². The summed E-state index contributed by atoms with van der Waals surface area (Å²) in [7, 11) is 2.09. The van der Waals surface area contributed by atoms with Crippen LogP contribution in [0.5, 0.6) is 5.75 Å². The Morgan fingerprint density at radius 3 is 2.42 bits per heavy atom. The van der Waals surface area contributed by atoms with E-state index >= 15 is 0 Å². The van der Waals surface area contributed by atoms with E-state index in [9.17, 15) is 18.0 Å². The fourth-order valence-electron chi connectivity index (χ4n) is 3.47. The van der Waals surface area contributed by atoms with Crippen molar-refractivity contribution in [2.45, 2.75) is 26.3 Å². The van der Waals surface area contributed by atoms with Gasteiger partial charge in [-0.2, -0.15) is 0 Å². The first-order valence-corrected chi connectivity index (χ1v) is 10.7. The van der Waals surface area contributed by atoms with Gasteiger partial charge >= 0.3 is 6.36 Å². The first-order chi connectivity index (χ1) is 14.5. The molecule has 1 fully saturated rings. The molecule has 0 aliphatic carbocycles. The molecule has 1 saturated heterocycles. The number of carbonyl (C=O) groups is 1. The van der Waals surface area contributed by atoms with Crippen molar-refractivity contribution in [3.05, 3.63) is 57.6 Å². The largest absolute Gasteiger partial charge is 0.573 e. The van der Waals surface area contributed by atoms with Crippen LogP contribution >= 0.6 is 15.9 Å². The number of nitrogens with one attached hydrogen (secondary N) is 1. The van der Waals surface area contributed by atoms with Crippen LogP contribution in [0.2, 0.25) is 0 Å². The van der Waals surface area contributed by atoms with E-state index in [1.54, 1.807) is 6.92 Å². The van der Waals surface area contributed by atoms with Crippen molar-refractivity contribution in [2.75, 3.05) is 38.1 Å². The summed E-state index contributed by atoms with van der Waals surface area (Å²) in [6.45, 7) is 7.40. The average Bonchev–Trinajstić information content (AvgIpc) is 2.69. The molecule has 1 aliphatic rings. The Balaban J connectivity index is 1.72. The molecule has 1 heterocycles. The van der Waals surface area contributed by atoms with Crippen LogP contribution in [0, 0.1) is 6.92 Å². The maximum Gasteiger partial charge on any atom is 0.573 e. The van der Waals surface area contributed by atoms with Crippen molar-refractivity contribution in [2.24, 2.45) is 0 Å². The number of aryl methyl sites for hydroxylation is 1. The minimum atomic E-state index is -4.77. The van der Waals surface area contributed by atoms with Gasteiger partial charge in [-0.05, 0) is 72.2 Å². The molecule has 0 bridgehead atoms. The van der Waals surface area contributed by atoms with Crippen molar-refractivity contribution in [1.82, 2.24) is 10.2 Å². The van der Waals surface area contributed by atoms with Crippen molar-refractivity contribution < 1.29 is 22.7 Å². The van der Waals surface area contributed by atoms with Crippen molar-refractivity contribution in [3.8, 4) is 5.75 Å². The summed E-state index contributed by atoms with van der Waals surface area (Å²) in [5.41, 5.74) is 3.10. The third-order valence-corrected chi connectivity index (χ3v) is 5.98. The Morgan fingerprint density at radius 2 is 1.81 bits per heavy atom. The van der Waals surface area contributed by atoms with Crippen LogP contribution in [-0.4, -0.2) is 50.4 Å².